The third-order valence-electron chi connectivity index (χ3n) is 6.07. The summed E-state index contributed by atoms with van der Waals surface area (Å²) in [6.45, 7) is 8.29. The molecule has 1 atom stereocenters. The highest BCUT2D eigenvalue weighted by Crippen LogP contribution is 2.24. The lowest BCUT2D eigenvalue weighted by Gasteiger charge is -2.32. The summed E-state index contributed by atoms with van der Waals surface area (Å²) in [5, 5.41) is 3.47. The van der Waals surface area contributed by atoms with Crippen molar-refractivity contribution in [1.82, 2.24) is 30.6 Å². The molecule has 0 radical (unpaired) electrons. The van der Waals surface area contributed by atoms with Crippen LogP contribution in [0.25, 0.3) is 12.2 Å². The Morgan fingerprint density at radius 3 is 2.46 bits per heavy atom. The van der Waals surface area contributed by atoms with E-state index in [-0.39, 0.29) is 0 Å². The van der Waals surface area contributed by atoms with Gasteiger partial charge in [0, 0.05) is 63.9 Å². The summed E-state index contributed by atoms with van der Waals surface area (Å²) in [6, 6.07) is 7.95. The Bertz CT molecular complexity index is 1030. The minimum absolute atomic E-state index is 0.333. The Kier molecular flexibility index (Phi) is 8.51. The zero-order valence-corrected chi connectivity index (χ0v) is 21.0. The summed E-state index contributed by atoms with van der Waals surface area (Å²) >= 11 is 0. The minimum atomic E-state index is 0.333. The fourth-order valence-electron chi connectivity index (χ4n) is 4.00. The zero-order valence-electron chi connectivity index (χ0n) is 21.0. The van der Waals surface area contributed by atoms with Crippen LogP contribution in [-0.2, 0) is 0 Å². The summed E-state index contributed by atoms with van der Waals surface area (Å²) < 4.78 is 10.8. The van der Waals surface area contributed by atoms with Gasteiger partial charge in [-0.05, 0) is 37.7 Å². The van der Waals surface area contributed by atoms with Gasteiger partial charge in [0.2, 0.25) is 0 Å². The fourth-order valence-corrected chi connectivity index (χ4v) is 4.00. The lowest BCUT2D eigenvalue weighted by Crippen LogP contribution is -2.45. The van der Waals surface area contributed by atoms with Gasteiger partial charge in [0.05, 0.1) is 14.2 Å². The highest BCUT2D eigenvalue weighted by molar-refractivity contribution is 5.86. The maximum Gasteiger partial charge on any atom is 0.160 e. The molecule has 0 aliphatic carbocycles. The van der Waals surface area contributed by atoms with Gasteiger partial charge >= 0.3 is 0 Å². The molecule has 0 saturated carbocycles. The first-order valence-corrected chi connectivity index (χ1v) is 12.0. The van der Waals surface area contributed by atoms with Crippen LogP contribution in [0, 0.1) is 0 Å². The van der Waals surface area contributed by atoms with E-state index >= 15 is 0 Å². The van der Waals surface area contributed by atoms with Crippen molar-refractivity contribution in [2.75, 3.05) is 65.9 Å². The van der Waals surface area contributed by atoms with Crippen LogP contribution >= 0.6 is 0 Å². The molecule has 2 fully saturated rings. The average molecular weight is 481 g/mol. The average Bonchev–Trinajstić information content (AvgIpc) is 3.28. The smallest absolute Gasteiger partial charge is 0.160 e. The fraction of sp³-hybridized carbons (Fsp3) is 0.480. The van der Waals surface area contributed by atoms with Crippen LogP contribution in [0.4, 0.5) is 11.6 Å². The Balaban J connectivity index is 1.51. The van der Waals surface area contributed by atoms with Crippen LogP contribution < -0.4 is 25.6 Å². The van der Waals surface area contributed by atoms with Crippen molar-refractivity contribution in [3.8, 4) is 11.5 Å². The number of amidine groups is 1. The molecule has 3 heterocycles. The summed E-state index contributed by atoms with van der Waals surface area (Å²) in [7, 11) is 5.45. The Labute approximate surface area is 207 Å². The zero-order chi connectivity index (χ0) is 24.6. The molecule has 4 rings (SSSR count). The standard InChI is InChI=1S/C25H36N8O2/c1-18-13-25(31-30-18)29-24-17-23(26-7-8-33-11-9-32(2)10-12-33)27-22(28-24)6-5-19-14-20(34-3)16-21(15-19)35-4/h5-6,14-18,30H,7-13H2,1-4H3,(H2,26,27,28,29,31)/b6-5+. The number of aromatic nitrogens is 2. The number of nitrogens with one attached hydrogen (secondary N) is 3. The molecule has 0 amide bonds. The SMILES string of the molecule is COc1cc(/C=C/c2nc(N=C3CC(C)NN3)cc(NCCN3CCN(C)CC3)n2)cc(OC)c1. The van der Waals surface area contributed by atoms with E-state index in [9.17, 15) is 0 Å². The second kappa shape index (κ2) is 12.0. The van der Waals surface area contributed by atoms with Gasteiger partial charge in [0.25, 0.3) is 0 Å². The number of hydrazine groups is 1. The number of methoxy groups -OCH3 is 2. The first-order chi connectivity index (χ1) is 17.0. The topological polar surface area (TPSA) is 99.2 Å². The predicted molar refractivity (Wildman–Crippen MR) is 140 cm³/mol. The molecule has 2 saturated heterocycles. The molecule has 1 aromatic heterocycles. The van der Waals surface area contributed by atoms with E-state index < -0.39 is 0 Å². The first kappa shape index (κ1) is 24.9. The van der Waals surface area contributed by atoms with Crippen molar-refractivity contribution in [3.63, 3.8) is 0 Å². The van der Waals surface area contributed by atoms with Crippen molar-refractivity contribution in [3.05, 3.63) is 35.7 Å². The molecule has 188 valence electrons. The maximum atomic E-state index is 5.38. The van der Waals surface area contributed by atoms with E-state index in [1.54, 1.807) is 14.2 Å². The van der Waals surface area contributed by atoms with E-state index in [1.807, 2.05) is 36.4 Å². The number of hydrogen-bond donors (Lipinski definition) is 3. The highest BCUT2D eigenvalue weighted by Gasteiger charge is 2.16. The van der Waals surface area contributed by atoms with E-state index in [2.05, 4.69) is 44.9 Å². The predicted octanol–water partition coefficient (Wildman–Crippen LogP) is 2.24. The van der Waals surface area contributed by atoms with Gasteiger partial charge in [-0.3, -0.25) is 4.90 Å². The normalized spacial score (nSPS) is 20.3. The molecule has 0 bridgehead atoms. The van der Waals surface area contributed by atoms with Crippen molar-refractivity contribution < 1.29 is 9.47 Å². The van der Waals surface area contributed by atoms with Crippen LogP contribution in [0.2, 0.25) is 0 Å². The minimum Gasteiger partial charge on any atom is -0.497 e. The Morgan fingerprint density at radius 1 is 1.06 bits per heavy atom. The number of aliphatic imine (C=N–C) groups is 1. The van der Waals surface area contributed by atoms with Gasteiger partial charge in [-0.15, -0.1) is 0 Å². The van der Waals surface area contributed by atoms with Crippen molar-refractivity contribution >= 4 is 29.6 Å². The molecule has 2 aromatic rings. The third-order valence-corrected chi connectivity index (χ3v) is 6.07. The lowest BCUT2D eigenvalue weighted by molar-refractivity contribution is 0.158. The summed E-state index contributed by atoms with van der Waals surface area (Å²) in [6.07, 6.45) is 4.65. The van der Waals surface area contributed by atoms with E-state index in [0.29, 0.717) is 17.7 Å². The number of anilines is 1. The molecule has 2 aliphatic rings. The van der Waals surface area contributed by atoms with Crippen molar-refractivity contribution in [1.29, 1.82) is 0 Å². The number of nitrogens with zero attached hydrogens (tertiary/aromatic N) is 5. The summed E-state index contributed by atoms with van der Waals surface area (Å²) in [4.78, 5) is 18.9. The Morgan fingerprint density at radius 2 is 1.80 bits per heavy atom. The second-order valence-corrected chi connectivity index (χ2v) is 8.95. The second-order valence-electron chi connectivity index (χ2n) is 8.95. The Hall–Kier alpha value is -3.21. The van der Waals surface area contributed by atoms with E-state index in [4.69, 9.17) is 19.5 Å². The van der Waals surface area contributed by atoms with Crippen molar-refractivity contribution in [2.45, 2.75) is 19.4 Å². The van der Waals surface area contributed by atoms with Crippen molar-refractivity contribution in [2.24, 2.45) is 4.99 Å². The van der Waals surface area contributed by atoms with Gasteiger partial charge in [-0.1, -0.05) is 6.08 Å². The third kappa shape index (κ3) is 7.38. The van der Waals surface area contributed by atoms with Crippen LogP contribution in [-0.4, -0.2) is 92.2 Å². The maximum absolute atomic E-state index is 5.38. The number of benzene rings is 1. The van der Waals surface area contributed by atoms with Gasteiger partial charge in [-0.2, -0.15) is 0 Å². The number of rotatable bonds is 9. The van der Waals surface area contributed by atoms with Crippen LogP contribution in [0.15, 0.2) is 29.3 Å². The van der Waals surface area contributed by atoms with E-state index in [1.165, 1.54) is 0 Å². The summed E-state index contributed by atoms with van der Waals surface area (Å²) in [5.74, 6) is 4.27. The quantitative estimate of drug-likeness (QED) is 0.499. The molecule has 3 N–H and O–H groups in total. The molecule has 2 aliphatic heterocycles. The number of piperazine rings is 1. The number of likely N-dealkylation sites (N-methyl/N-ethyl adjacent to an activating group) is 1. The summed E-state index contributed by atoms with van der Waals surface area (Å²) in [5.41, 5.74) is 7.24. The lowest BCUT2D eigenvalue weighted by atomic mass is 10.2. The van der Waals surface area contributed by atoms with Gasteiger partial charge in [-0.25, -0.2) is 20.4 Å². The molecule has 1 unspecified atom stereocenters. The van der Waals surface area contributed by atoms with Gasteiger partial charge < -0.3 is 25.1 Å². The molecule has 1 aromatic carbocycles. The number of hydrogen-bond acceptors (Lipinski definition) is 9. The van der Waals surface area contributed by atoms with E-state index in [0.717, 1.165) is 74.4 Å². The molecular weight excluding hydrogens is 444 g/mol. The molecule has 35 heavy (non-hydrogen) atoms. The van der Waals surface area contributed by atoms with Gasteiger partial charge in [0.1, 0.15) is 23.2 Å². The molecule has 10 heteroatoms. The largest absolute Gasteiger partial charge is 0.497 e. The highest BCUT2D eigenvalue weighted by atomic mass is 16.5. The number of ether oxygens (including phenoxy) is 2. The first-order valence-electron chi connectivity index (χ1n) is 12.0. The van der Waals surface area contributed by atoms with Gasteiger partial charge in [0.15, 0.2) is 11.6 Å². The molecule has 10 nitrogen and oxygen atoms in total. The molecular formula is C25H36N8O2. The van der Waals surface area contributed by atoms with Crippen LogP contribution in [0.1, 0.15) is 24.7 Å². The monoisotopic (exact) mass is 480 g/mol. The van der Waals surface area contributed by atoms with Crippen LogP contribution in [0.3, 0.4) is 0 Å². The molecule has 0 spiro atoms. The van der Waals surface area contributed by atoms with Crippen LogP contribution in [0.5, 0.6) is 11.5 Å².